The average molecular weight is 329 g/mol. The van der Waals surface area contributed by atoms with E-state index in [1.807, 2.05) is 66.0 Å². The number of hydrogen-bond acceptors (Lipinski definition) is 5. The highest BCUT2D eigenvalue weighted by Gasteiger charge is 2.16. The molecule has 0 saturated heterocycles. The first-order valence-electron chi connectivity index (χ1n) is 8.06. The second kappa shape index (κ2) is 6.28. The van der Waals surface area contributed by atoms with Crippen molar-refractivity contribution in [1.82, 2.24) is 19.7 Å². The third kappa shape index (κ3) is 2.80. The molecule has 4 aromatic rings. The Morgan fingerprint density at radius 3 is 2.40 bits per heavy atom. The SMILES string of the molecule is CBn1nc(-c2ccc(Oc3ccccc3)cc2)c2c(N)ncnc21. The predicted molar refractivity (Wildman–Crippen MR) is 100 cm³/mol. The molecule has 0 aliphatic heterocycles. The van der Waals surface area contributed by atoms with Crippen molar-refractivity contribution < 1.29 is 4.74 Å². The van der Waals surface area contributed by atoms with E-state index in [4.69, 9.17) is 10.5 Å². The van der Waals surface area contributed by atoms with Crippen LogP contribution in [0.2, 0.25) is 6.82 Å². The van der Waals surface area contributed by atoms with Crippen LogP contribution in [0.4, 0.5) is 5.82 Å². The maximum Gasteiger partial charge on any atom is 0.266 e. The van der Waals surface area contributed by atoms with Crippen LogP contribution in [0.5, 0.6) is 11.5 Å². The van der Waals surface area contributed by atoms with Gasteiger partial charge in [-0.25, -0.2) is 9.97 Å². The van der Waals surface area contributed by atoms with Crippen LogP contribution in [0.15, 0.2) is 60.9 Å². The molecular weight excluding hydrogens is 313 g/mol. The van der Waals surface area contributed by atoms with Gasteiger partial charge in [0.25, 0.3) is 7.41 Å². The Morgan fingerprint density at radius 2 is 1.68 bits per heavy atom. The molecule has 2 aromatic heterocycles. The van der Waals surface area contributed by atoms with Gasteiger partial charge in [-0.1, -0.05) is 25.0 Å². The molecule has 0 saturated carbocycles. The molecule has 2 heterocycles. The number of aromatic nitrogens is 4. The lowest BCUT2D eigenvalue weighted by Crippen LogP contribution is -2.04. The number of hydrogen-bond donors (Lipinski definition) is 1. The highest BCUT2D eigenvalue weighted by molar-refractivity contribution is 6.33. The first-order valence-corrected chi connectivity index (χ1v) is 8.06. The highest BCUT2D eigenvalue weighted by atomic mass is 16.5. The molecule has 0 spiro atoms. The quantitative estimate of drug-likeness (QED) is 0.582. The summed E-state index contributed by atoms with van der Waals surface area (Å²) in [5.41, 5.74) is 8.53. The summed E-state index contributed by atoms with van der Waals surface area (Å²) in [7, 11) is 0.710. The molecular formula is C18H16BN5O. The summed E-state index contributed by atoms with van der Waals surface area (Å²) in [6, 6.07) is 17.4. The molecule has 0 aliphatic rings. The summed E-state index contributed by atoms with van der Waals surface area (Å²) in [6.07, 6.45) is 1.46. The molecule has 0 aliphatic carbocycles. The summed E-state index contributed by atoms with van der Waals surface area (Å²) >= 11 is 0. The Kier molecular flexibility index (Phi) is 3.82. The Morgan fingerprint density at radius 1 is 0.960 bits per heavy atom. The molecule has 25 heavy (non-hydrogen) atoms. The Bertz CT molecular complexity index is 1020. The van der Waals surface area contributed by atoms with Crippen LogP contribution in [-0.4, -0.2) is 27.1 Å². The summed E-state index contributed by atoms with van der Waals surface area (Å²) in [5.74, 6) is 2.00. The van der Waals surface area contributed by atoms with Gasteiger partial charge < -0.3 is 10.5 Å². The molecule has 0 bridgehead atoms. The third-order valence-corrected chi connectivity index (χ3v) is 3.96. The molecule has 7 heteroatoms. The Hall–Kier alpha value is -3.35. The molecule has 0 atom stereocenters. The molecule has 0 amide bonds. The fourth-order valence-electron chi connectivity index (χ4n) is 2.76. The highest BCUT2D eigenvalue weighted by Crippen LogP contribution is 2.31. The van der Waals surface area contributed by atoms with Gasteiger partial charge in [-0.15, -0.1) is 0 Å². The average Bonchev–Trinajstić information content (AvgIpc) is 3.03. The number of nitrogens with two attached hydrogens (primary N) is 1. The predicted octanol–water partition coefficient (Wildman–Crippen LogP) is 3.12. The van der Waals surface area contributed by atoms with Crippen LogP contribution in [0.25, 0.3) is 22.3 Å². The normalized spacial score (nSPS) is 10.8. The number of benzene rings is 2. The van der Waals surface area contributed by atoms with Gasteiger partial charge in [-0.2, -0.15) is 5.10 Å². The molecule has 2 aromatic carbocycles. The van der Waals surface area contributed by atoms with Gasteiger partial charge in [0.1, 0.15) is 29.3 Å². The number of rotatable bonds is 4. The van der Waals surface area contributed by atoms with Gasteiger partial charge in [-0.3, -0.25) is 4.59 Å². The molecule has 0 unspecified atom stereocenters. The fourth-order valence-corrected chi connectivity index (χ4v) is 2.76. The lowest BCUT2D eigenvalue weighted by Gasteiger charge is -2.06. The molecule has 122 valence electrons. The summed E-state index contributed by atoms with van der Waals surface area (Å²) < 4.78 is 7.66. The van der Waals surface area contributed by atoms with E-state index >= 15 is 0 Å². The third-order valence-electron chi connectivity index (χ3n) is 3.96. The molecule has 4 rings (SSSR count). The fraction of sp³-hybridized carbons (Fsp3) is 0.0556. The standard InChI is InChI=1S/C18H16BN5O/c1-19-24-18-15(17(20)21-11-22-18)16(23-24)12-7-9-14(10-8-12)25-13-5-3-2-4-6-13/h2-11,19H,1H3,(H2,20,21,22). The number of fused-ring (bicyclic) bond motifs is 1. The van der Waals surface area contributed by atoms with Crippen molar-refractivity contribution in [2.24, 2.45) is 0 Å². The van der Waals surface area contributed by atoms with Crippen molar-refractivity contribution in [3.63, 3.8) is 0 Å². The summed E-state index contributed by atoms with van der Waals surface area (Å²) in [6.45, 7) is 2.02. The van der Waals surface area contributed by atoms with Gasteiger partial charge >= 0.3 is 0 Å². The van der Waals surface area contributed by atoms with E-state index in [2.05, 4.69) is 15.1 Å². The van der Waals surface area contributed by atoms with E-state index in [-0.39, 0.29) is 0 Å². The van der Waals surface area contributed by atoms with Crippen molar-refractivity contribution in [1.29, 1.82) is 0 Å². The van der Waals surface area contributed by atoms with Crippen molar-refractivity contribution in [2.75, 3.05) is 5.73 Å². The summed E-state index contributed by atoms with van der Waals surface area (Å²) in [5, 5.41) is 5.42. The monoisotopic (exact) mass is 329 g/mol. The van der Waals surface area contributed by atoms with Crippen LogP contribution in [0.1, 0.15) is 0 Å². The number of anilines is 1. The van der Waals surface area contributed by atoms with Crippen LogP contribution in [0, 0.1) is 0 Å². The van der Waals surface area contributed by atoms with E-state index in [1.165, 1.54) is 6.33 Å². The van der Waals surface area contributed by atoms with Crippen LogP contribution in [0.3, 0.4) is 0 Å². The first-order chi connectivity index (χ1) is 12.3. The largest absolute Gasteiger partial charge is 0.457 e. The topological polar surface area (TPSA) is 78.9 Å². The van der Waals surface area contributed by atoms with Gasteiger partial charge in [0, 0.05) is 5.56 Å². The molecule has 6 nitrogen and oxygen atoms in total. The van der Waals surface area contributed by atoms with Crippen molar-refractivity contribution in [2.45, 2.75) is 6.82 Å². The van der Waals surface area contributed by atoms with Gasteiger partial charge in [0.05, 0.1) is 5.39 Å². The first kappa shape index (κ1) is 15.2. The molecule has 0 radical (unpaired) electrons. The van der Waals surface area contributed by atoms with Crippen LogP contribution in [-0.2, 0) is 0 Å². The van der Waals surface area contributed by atoms with Crippen LogP contribution < -0.4 is 10.5 Å². The molecule has 2 N–H and O–H groups in total. The minimum atomic E-state index is 0.435. The zero-order valence-corrected chi connectivity index (χ0v) is 13.8. The zero-order valence-electron chi connectivity index (χ0n) is 13.8. The van der Waals surface area contributed by atoms with Crippen molar-refractivity contribution in [3.05, 3.63) is 60.9 Å². The lowest BCUT2D eigenvalue weighted by atomic mass is 10.0. The van der Waals surface area contributed by atoms with E-state index in [0.717, 1.165) is 33.8 Å². The second-order valence-electron chi connectivity index (χ2n) is 5.56. The van der Waals surface area contributed by atoms with Crippen LogP contribution >= 0.6 is 0 Å². The Balaban J connectivity index is 1.72. The van der Waals surface area contributed by atoms with E-state index in [1.54, 1.807) is 0 Å². The number of ether oxygens (including phenoxy) is 1. The number of nitrogen functional groups attached to an aromatic ring is 1. The van der Waals surface area contributed by atoms with E-state index in [9.17, 15) is 0 Å². The van der Waals surface area contributed by atoms with E-state index in [0.29, 0.717) is 13.2 Å². The Labute approximate surface area is 145 Å². The van der Waals surface area contributed by atoms with Gasteiger partial charge in [0.15, 0.2) is 5.65 Å². The lowest BCUT2D eigenvalue weighted by molar-refractivity contribution is 0.483. The van der Waals surface area contributed by atoms with Gasteiger partial charge in [0.2, 0.25) is 0 Å². The molecule has 0 fully saturated rings. The zero-order chi connectivity index (χ0) is 17.2. The maximum atomic E-state index is 6.07. The summed E-state index contributed by atoms with van der Waals surface area (Å²) in [4.78, 5) is 8.42. The second-order valence-corrected chi connectivity index (χ2v) is 5.56. The van der Waals surface area contributed by atoms with Gasteiger partial charge in [-0.05, 0) is 36.4 Å². The van der Waals surface area contributed by atoms with Crippen molar-refractivity contribution >= 4 is 24.3 Å². The minimum Gasteiger partial charge on any atom is -0.457 e. The number of nitrogens with zero attached hydrogens (tertiary/aromatic N) is 4. The smallest absolute Gasteiger partial charge is 0.266 e. The minimum absolute atomic E-state index is 0.435. The van der Waals surface area contributed by atoms with Crippen molar-refractivity contribution in [3.8, 4) is 22.8 Å². The van der Waals surface area contributed by atoms with E-state index < -0.39 is 0 Å². The maximum absolute atomic E-state index is 6.07. The number of para-hydroxylation sites is 1.